The summed E-state index contributed by atoms with van der Waals surface area (Å²) in [6, 6.07) is 0. The van der Waals surface area contributed by atoms with Crippen LogP contribution in [0.2, 0.25) is 33.0 Å². The first-order chi connectivity index (χ1) is 12.3. The summed E-state index contributed by atoms with van der Waals surface area (Å²) in [4.78, 5) is 0. The van der Waals surface area contributed by atoms with Gasteiger partial charge in [0.25, 0.3) is 0 Å². The van der Waals surface area contributed by atoms with E-state index in [4.69, 9.17) is 0 Å². The van der Waals surface area contributed by atoms with E-state index < -0.39 is 26.5 Å². The molecule has 1 nitrogen and oxygen atoms in total. The zero-order valence-corrected chi connectivity index (χ0v) is 23.1. The zero-order chi connectivity index (χ0) is 20.1. The molecule has 1 unspecified atom stereocenters. The fourth-order valence-corrected chi connectivity index (χ4v) is 27.8. The van der Waals surface area contributed by atoms with Crippen LogP contribution in [0.3, 0.4) is 0 Å². The van der Waals surface area contributed by atoms with Gasteiger partial charge in [0.1, 0.15) is 0 Å². The number of hydrogen-bond acceptors (Lipinski definition) is 1. The Hall–Kier alpha value is 0.716. The van der Waals surface area contributed by atoms with E-state index in [0.29, 0.717) is 0 Å². The van der Waals surface area contributed by atoms with Crippen molar-refractivity contribution in [3.05, 3.63) is 9.29 Å². The minimum absolute atomic E-state index is 0.130. The second kappa shape index (κ2) is 14.7. The summed E-state index contributed by atoms with van der Waals surface area (Å²) >= 11 is -2.51. The van der Waals surface area contributed by atoms with Gasteiger partial charge in [-0.1, -0.05) is 0 Å². The zero-order valence-electron chi connectivity index (χ0n) is 19.3. The average molecular weight is 489 g/mol. The van der Waals surface area contributed by atoms with E-state index in [1.165, 1.54) is 71.1 Å². The standard InChI is InChI=1S/C11H23OSi.3C4H9.Sn/c1-5-6-7-8-11(12)9-10-13(2,3)4;3*1-3-4-2;/h10-12H,5-8H2,1-4H3;3*1,3-4H2,2H3;. The first-order valence-electron chi connectivity index (χ1n) is 11.7. The molecule has 0 aliphatic rings. The van der Waals surface area contributed by atoms with Crippen molar-refractivity contribution in [2.45, 2.75) is 131 Å². The summed E-state index contributed by atoms with van der Waals surface area (Å²) < 4.78 is 6.09. The second-order valence-corrected chi connectivity index (χ2v) is 27.8. The molecule has 26 heavy (non-hydrogen) atoms. The van der Waals surface area contributed by atoms with Crippen LogP contribution < -0.4 is 0 Å². The van der Waals surface area contributed by atoms with Crippen LogP contribution in [0.25, 0.3) is 0 Å². The molecule has 0 radical (unpaired) electrons. The van der Waals surface area contributed by atoms with Crippen LogP contribution in [0.1, 0.15) is 91.9 Å². The monoisotopic (exact) mass is 490 g/mol. The molecule has 0 heterocycles. The Labute approximate surface area is 171 Å². The van der Waals surface area contributed by atoms with E-state index in [0.717, 1.165) is 6.42 Å². The fraction of sp³-hybridized carbons (Fsp3) is 0.913. The summed E-state index contributed by atoms with van der Waals surface area (Å²) in [5.74, 6) is 0. The molecule has 0 saturated carbocycles. The minimum atomic E-state index is -2.51. The molecule has 3 heteroatoms. The third-order valence-electron chi connectivity index (χ3n) is 5.67. The SMILES string of the molecule is CCCCCC(O)/[C](=C/[Si](C)(C)C)[Sn]([CH2]CCC)([CH2]CCC)[CH2]CCC. The molecule has 0 spiro atoms. The fourth-order valence-electron chi connectivity index (χ4n) is 4.17. The van der Waals surface area contributed by atoms with Gasteiger partial charge in [0, 0.05) is 0 Å². The van der Waals surface area contributed by atoms with Crippen LogP contribution >= 0.6 is 0 Å². The van der Waals surface area contributed by atoms with Gasteiger partial charge in [-0.15, -0.1) is 0 Å². The molecule has 0 rings (SSSR count). The van der Waals surface area contributed by atoms with Crippen LogP contribution in [0.4, 0.5) is 0 Å². The number of hydrogen-bond donors (Lipinski definition) is 1. The van der Waals surface area contributed by atoms with Gasteiger partial charge in [-0.2, -0.15) is 0 Å². The molecule has 0 aliphatic heterocycles. The van der Waals surface area contributed by atoms with Gasteiger partial charge in [-0.3, -0.25) is 0 Å². The average Bonchev–Trinajstić information content (AvgIpc) is 2.59. The molecule has 0 bridgehead atoms. The number of unbranched alkanes of at least 4 members (excludes halogenated alkanes) is 5. The van der Waals surface area contributed by atoms with E-state index >= 15 is 0 Å². The van der Waals surface area contributed by atoms with Gasteiger partial charge in [0.15, 0.2) is 0 Å². The first-order valence-corrected chi connectivity index (χ1v) is 22.7. The molecule has 0 aromatic carbocycles. The molecule has 156 valence electrons. The molecule has 0 aromatic rings. The molecular weight excluding hydrogens is 439 g/mol. The Kier molecular flexibility index (Phi) is 15.1. The van der Waals surface area contributed by atoms with Crippen LogP contribution in [-0.4, -0.2) is 37.7 Å². The van der Waals surface area contributed by atoms with E-state index in [2.05, 4.69) is 53.0 Å². The van der Waals surface area contributed by atoms with Crippen molar-refractivity contribution >= 4 is 26.5 Å². The Morgan fingerprint density at radius 3 is 1.54 bits per heavy atom. The van der Waals surface area contributed by atoms with Crippen molar-refractivity contribution in [3.8, 4) is 0 Å². The summed E-state index contributed by atoms with van der Waals surface area (Å²) in [6.45, 7) is 16.7. The van der Waals surface area contributed by atoms with Crippen LogP contribution in [0.15, 0.2) is 9.29 Å². The molecular formula is C23H50OSiSn. The Balaban J connectivity index is 5.86. The van der Waals surface area contributed by atoms with Crippen molar-refractivity contribution in [2.24, 2.45) is 0 Å². The Bertz CT molecular complexity index is 351. The van der Waals surface area contributed by atoms with Crippen molar-refractivity contribution in [1.82, 2.24) is 0 Å². The molecule has 1 N–H and O–H groups in total. The number of aliphatic hydroxyl groups is 1. The molecule has 0 saturated heterocycles. The topological polar surface area (TPSA) is 20.2 Å². The van der Waals surface area contributed by atoms with Gasteiger partial charge >= 0.3 is 172 Å². The van der Waals surface area contributed by atoms with Gasteiger partial charge in [0.2, 0.25) is 0 Å². The Morgan fingerprint density at radius 2 is 1.19 bits per heavy atom. The van der Waals surface area contributed by atoms with Crippen molar-refractivity contribution in [1.29, 1.82) is 0 Å². The van der Waals surface area contributed by atoms with Crippen LogP contribution in [0.5, 0.6) is 0 Å². The number of rotatable bonds is 16. The Morgan fingerprint density at radius 1 is 0.769 bits per heavy atom. The predicted octanol–water partition coefficient (Wildman–Crippen LogP) is 8.12. The summed E-state index contributed by atoms with van der Waals surface area (Å²) in [5, 5.41) is 11.3. The van der Waals surface area contributed by atoms with Gasteiger partial charge in [-0.05, 0) is 0 Å². The van der Waals surface area contributed by atoms with E-state index in [1.54, 1.807) is 3.59 Å². The molecule has 0 aromatic heterocycles. The summed E-state index contributed by atoms with van der Waals surface area (Å²) in [7, 11) is -1.33. The number of aliphatic hydroxyl groups excluding tert-OH is 1. The van der Waals surface area contributed by atoms with E-state index in [1.807, 2.05) is 0 Å². The predicted molar refractivity (Wildman–Crippen MR) is 126 cm³/mol. The van der Waals surface area contributed by atoms with Gasteiger partial charge in [-0.25, -0.2) is 0 Å². The maximum absolute atomic E-state index is 11.3. The molecule has 0 amide bonds. The summed E-state index contributed by atoms with van der Waals surface area (Å²) in [6.07, 6.45) is 12.7. The van der Waals surface area contributed by atoms with Crippen LogP contribution in [0, 0.1) is 0 Å². The van der Waals surface area contributed by atoms with Crippen molar-refractivity contribution < 1.29 is 5.11 Å². The summed E-state index contributed by atoms with van der Waals surface area (Å²) in [5.41, 5.74) is 2.68. The van der Waals surface area contributed by atoms with E-state index in [9.17, 15) is 5.11 Å². The normalized spacial score (nSPS) is 14.7. The van der Waals surface area contributed by atoms with E-state index in [-0.39, 0.29) is 6.10 Å². The van der Waals surface area contributed by atoms with Gasteiger partial charge < -0.3 is 0 Å². The van der Waals surface area contributed by atoms with Crippen molar-refractivity contribution in [3.63, 3.8) is 0 Å². The third-order valence-corrected chi connectivity index (χ3v) is 23.7. The molecule has 0 fully saturated rings. The molecule has 1 atom stereocenters. The van der Waals surface area contributed by atoms with Crippen LogP contribution in [-0.2, 0) is 0 Å². The van der Waals surface area contributed by atoms with Gasteiger partial charge in [0.05, 0.1) is 0 Å². The third kappa shape index (κ3) is 10.9. The maximum atomic E-state index is 11.3. The van der Waals surface area contributed by atoms with Crippen molar-refractivity contribution in [2.75, 3.05) is 0 Å². The quantitative estimate of drug-likeness (QED) is 0.171. The first kappa shape index (κ1) is 26.7. The second-order valence-electron chi connectivity index (χ2n) is 9.57. The molecule has 0 aliphatic carbocycles.